The lowest BCUT2D eigenvalue weighted by Crippen LogP contribution is -2.35. The molecule has 8 heteroatoms. The predicted molar refractivity (Wildman–Crippen MR) is 89.4 cm³/mol. The van der Waals surface area contributed by atoms with Gasteiger partial charge in [0, 0.05) is 38.5 Å². The van der Waals surface area contributed by atoms with E-state index in [0.717, 1.165) is 0 Å². The molecule has 0 radical (unpaired) electrons. The van der Waals surface area contributed by atoms with Crippen LogP contribution in [0.2, 0.25) is 0 Å². The fraction of sp³-hybridized carbons (Fsp3) is 0.294. The number of carbonyl (C=O) groups is 2. The van der Waals surface area contributed by atoms with Crippen molar-refractivity contribution in [2.75, 3.05) is 13.1 Å². The third-order valence-corrected chi connectivity index (χ3v) is 4.07. The molecular weight excluding hydrogens is 324 g/mol. The van der Waals surface area contributed by atoms with E-state index in [-0.39, 0.29) is 28.8 Å². The number of primary amides is 1. The molecule has 1 atom stereocenters. The zero-order chi connectivity index (χ0) is 18.0. The summed E-state index contributed by atoms with van der Waals surface area (Å²) >= 11 is 0. The van der Waals surface area contributed by atoms with Crippen molar-refractivity contribution in [1.29, 1.82) is 0 Å². The van der Waals surface area contributed by atoms with Crippen molar-refractivity contribution >= 4 is 11.8 Å². The van der Waals surface area contributed by atoms with Gasteiger partial charge < -0.3 is 19.9 Å². The Morgan fingerprint density at radius 1 is 1.36 bits per heavy atom. The first kappa shape index (κ1) is 16.7. The van der Waals surface area contributed by atoms with Gasteiger partial charge in [-0.05, 0) is 18.2 Å². The minimum atomic E-state index is -0.631. The van der Waals surface area contributed by atoms with Crippen LogP contribution < -0.4 is 16.0 Å². The van der Waals surface area contributed by atoms with Crippen molar-refractivity contribution in [3.8, 4) is 5.75 Å². The summed E-state index contributed by atoms with van der Waals surface area (Å²) in [7, 11) is 1.61. The second-order valence-corrected chi connectivity index (χ2v) is 5.86. The van der Waals surface area contributed by atoms with Crippen LogP contribution in [0.25, 0.3) is 0 Å². The molecule has 1 saturated heterocycles. The Labute approximate surface area is 143 Å². The lowest BCUT2D eigenvalue weighted by Gasteiger charge is -2.17. The van der Waals surface area contributed by atoms with Gasteiger partial charge in [-0.1, -0.05) is 0 Å². The normalized spacial score (nSPS) is 16.7. The summed E-state index contributed by atoms with van der Waals surface area (Å²) in [5, 5.41) is 0. The first-order valence-electron chi connectivity index (χ1n) is 7.83. The van der Waals surface area contributed by atoms with Crippen molar-refractivity contribution in [2.45, 2.75) is 12.5 Å². The molecule has 1 aliphatic heterocycles. The minimum Gasteiger partial charge on any atom is -0.488 e. The number of hydrogen-bond donors (Lipinski definition) is 1. The van der Waals surface area contributed by atoms with E-state index in [4.69, 9.17) is 10.5 Å². The first-order valence-corrected chi connectivity index (χ1v) is 7.83. The van der Waals surface area contributed by atoms with Gasteiger partial charge in [0.15, 0.2) is 0 Å². The second kappa shape index (κ2) is 6.76. The van der Waals surface area contributed by atoms with Crippen LogP contribution in [0.15, 0.2) is 41.5 Å². The van der Waals surface area contributed by atoms with Gasteiger partial charge in [-0.3, -0.25) is 19.4 Å². The van der Waals surface area contributed by atoms with Gasteiger partial charge >= 0.3 is 0 Å². The molecule has 0 bridgehead atoms. The van der Waals surface area contributed by atoms with Crippen LogP contribution in [-0.4, -0.2) is 45.5 Å². The summed E-state index contributed by atoms with van der Waals surface area (Å²) in [6, 6.07) is 6.30. The molecule has 0 spiro atoms. The number of likely N-dealkylation sites (tertiary alicyclic amines) is 1. The Balaban J connectivity index is 1.68. The van der Waals surface area contributed by atoms with E-state index < -0.39 is 5.91 Å². The highest BCUT2D eigenvalue weighted by atomic mass is 16.5. The zero-order valence-corrected chi connectivity index (χ0v) is 13.7. The molecule has 2 N–H and O–H groups in total. The second-order valence-electron chi connectivity index (χ2n) is 5.86. The van der Waals surface area contributed by atoms with Crippen molar-refractivity contribution < 1.29 is 14.3 Å². The Hall–Kier alpha value is -3.16. The third-order valence-electron chi connectivity index (χ3n) is 4.07. The molecule has 130 valence electrons. The van der Waals surface area contributed by atoms with Crippen LogP contribution in [-0.2, 0) is 7.05 Å². The maximum Gasteiger partial charge on any atom is 0.267 e. The van der Waals surface area contributed by atoms with Gasteiger partial charge in [-0.25, -0.2) is 0 Å². The molecule has 2 amide bonds. The highest BCUT2D eigenvalue weighted by Gasteiger charge is 2.29. The Bertz CT molecular complexity index is 877. The molecule has 1 fully saturated rings. The summed E-state index contributed by atoms with van der Waals surface area (Å²) in [5.41, 5.74) is 5.15. The summed E-state index contributed by atoms with van der Waals surface area (Å²) in [5.74, 6) is -0.466. The molecule has 0 aliphatic carbocycles. The van der Waals surface area contributed by atoms with Crippen LogP contribution in [0.5, 0.6) is 5.75 Å². The monoisotopic (exact) mass is 342 g/mol. The standard InChI is InChI=1S/C17H18N4O4/c1-20-7-2-3-13(16(20)23)17(24)21-8-5-12(10-21)25-11-4-6-19-14(9-11)15(18)22/h2-4,6-7,9,12H,5,8,10H2,1H3,(H2,18,22). The molecule has 2 aromatic rings. The number of amides is 2. The van der Waals surface area contributed by atoms with Gasteiger partial charge in [0.1, 0.15) is 23.1 Å². The number of aryl methyl sites for hydroxylation is 1. The van der Waals surface area contributed by atoms with Gasteiger partial charge in [-0.2, -0.15) is 0 Å². The van der Waals surface area contributed by atoms with E-state index >= 15 is 0 Å². The molecule has 8 nitrogen and oxygen atoms in total. The summed E-state index contributed by atoms with van der Waals surface area (Å²) in [6.07, 6.45) is 3.46. The van der Waals surface area contributed by atoms with Crippen LogP contribution in [0, 0.1) is 0 Å². The highest BCUT2D eigenvalue weighted by molar-refractivity contribution is 5.94. The number of pyridine rings is 2. The van der Waals surface area contributed by atoms with E-state index in [1.807, 2.05) is 0 Å². The minimum absolute atomic E-state index is 0.121. The molecule has 0 aromatic carbocycles. The largest absolute Gasteiger partial charge is 0.488 e. The lowest BCUT2D eigenvalue weighted by atomic mass is 10.2. The number of aromatic nitrogens is 2. The van der Waals surface area contributed by atoms with Crippen molar-refractivity contribution in [2.24, 2.45) is 12.8 Å². The maximum absolute atomic E-state index is 12.5. The topological polar surface area (TPSA) is 108 Å². The number of rotatable bonds is 4. The highest BCUT2D eigenvalue weighted by Crippen LogP contribution is 2.19. The van der Waals surface area contributed by atoms with Gasteiger partial charge in [0.2, 0.25) is 0 Å². The lowest BCUT2D eigenvalue weighted by molar-refractivity contribution is 0.0770. The molecule has 3 rings (SSSR count). The summed E-state index contributed by atoms with van der Waals surface area (Å²) in [4.78, 5) is 41.2. The quantitative estimate of drug-likeness (QED) is 0.852. The smallest absolute Gasteiger partial charge is 0.267 e. The fourth-order valence-corrected chi connectivity index (χ4v) is 2.75. The van der Waals surface area contributed by atoms with Crippen LogP contribution in [0.4, 0.5) is 0 Å². The van der Waals surface area contributed by atoms with Gasteiger partial charge in [0.25, 0.3) is 17.4 Å². The van der Waals surface area contributed by atoms with E-state index in [1.165, 1.54) is 22.9 Å². The number of nitrogens with two attached hydrogens (primary N) is 1. The number of ether oxygens (including phenoxy) is 1. The van der Waals surface area contributed by atoms with Crippen molar-refractivity contribution in [1.82, 2.24) is 14.5 Å². The fourth-order valence-electron chi connectivity index (χ4n) is 2.75. The predicted octanol–water partition coefficient (Wildman–Crippen LogP) is 0.173. The third kappa shape index (κ3) is 3.52. The molecule has 1 aliphatic rings. The van der Waals surface area contributed by atoms with Crippen molar-refractivity contribution in [3.05, 3.63) is 58.3 Å². The van der Waals surface area contributed by atoms with Gasteiger partial charge in [-0.15, -0.1) is 0 Å². The average Bonchev–Trinajstić information content (AvgIpc) is 3.05. The average molecular weight is 342 g/mol. The molecule has 2 aromatic heterocycles. The van der Waals surface area contributed by atoms with E-state index in [0.29, 0.717) is 25.3 Å². The number of nitrogens with zero attached hydrogens (tertiary/aromatic N) is 3. The van der Waals surface area contributed by atoms with Gasteiger partial charge in [0.05, 0.1) is 6.54 Å². The number of carbonyl (C=O) groups excluding carboxylic acids is 2. The van der Waals surface area contributed by atoms with Crippen LogP contribution in [0.1, 0.15) is 27.3 Å². The molecule has 1 unspecified atom stereocenters. The SMILES string of the molecule is Cn1cccc(C(=O)N2CCC(Oc3ccnc(C(N)=O)c3)C2)c1=O. The van der Waals surface area contributed by atoms with Crippen LogP contribution >= 0.6 is 0 Å². The van der Waals surface area contributed by atoms with E-state index in [2.05, 4.69) is 4.98 Å². The molecule has 0 saturated carbocycles. The Morgan fingerprint density at radius 2 is 2.16 bits per heavy atom. The van der Waals surface area contributed by atoms with E-state index in [9.17, 15) is 14.4 Å². The Morgan fingerprint density at radius 3 is 2.92 bits per heavy atom. The molecular formula is C17H18N4O4. The first-order chi connectivity index (χ1) is 12.0. The Kier molecular flexibility index (Phi) is 4.51. The maximum atomic E-state index is 12.5. The summed E-state index contributed by atoms with van der Waals surface area (Å²) < 4.78 is 7.19. The molecule has 3 heterocycles. The van der Waals surface area contributed by atoms with Crippen LogP contribution in [0.3, 0.4) is 0 Å². The number of hydrogen-bond acceptors (Lipinski definition) is 5. The zero-order valence-electron chi connectivity index (χ0n) is 13.7. The van der Waals surface area contributed by atoms with Crippen molar-refractivity contribution in [3.63, 3.8) is 0 Å². The summed E-state index contributed by atoms with van der Waals surface area (Å²) in [6.45, 7) is 0.862. The molecule has 25 heavy (non-hydrogen) atoms. The van der Waals surface area contributed by atoms with E-state index in [1.54, 1.807) is 30.3 Å².